The van der Waals surface area contributed by atoms with Gasteiger partial charge < -0.3 is 10.1 Å². The lowest BCUT2D eigenvalue weighted by molar-refractivity contribution is 0.0899. The van der Waals surface area contributed by atoms with Gasteiger partial charge in [0.25, 0.3) is 5.91 Å². The molecule has 0 bridgehead atoms. The first-order chi connectivity index (χ1) is 8.51. The molecule has 18 heavy (non-hydrogen) atoms. The van der Waals surface area contributed by atoms with Gasteiger partial charge in [-0.05, 0) is 18.6 Å². The highest BCUT2D eigenvalue weighted by atomic mass is 79.9. The highest BCUT2D eigenvalue weighted by molar-refractivity contribution is 9.09. The van der Waals surface area contributed by atoms with Crippen LogP contribution in [0.5, 0.6) is 0 Å². The van der Waals surface area contributed by atoms with Gasteiger partial charge in [-0.3, -0.25) is 4.79 Å². The van der Waals surface area contributed by atoms with Gasteiger partial charge >= 0.3 is 0 Å². The molecule has 1 aromatic rings. The van der Waals surface area contributed by atoms with Gasteiger partial charge in [-0.15, -0.1) is 0 Å². The zero-order valence-corrected chi connectivity index (χ0v) is 11.7. The van der Waals surface area contributed by atoms with Crippen LogP contribution in [0.2, 0.25) is 0 Å². The molecule has 3 nitrogen and oxygen atoms in total. The van der Waals surface area contributed by atoms with Crippen LogP contribution in [-0.4, -0.2) is 31.0 Å². The molecule has 0 aromatic heterocycles. The normalized spacial score (nSPS) is 12.3. The summed E-state index contributed by atoms with van der Waals surface area (Å²) in [5, 5.41) is 2.93. The zero-order chi connectivity index (χ0) is 13.7. The second-order valence-corrected chi connectivity index (χ2v) is 4.48. The van der Waals surface area contributed by atoms with Crippen LogP contribution in [0.3, 0.4) is 0 Å². The van der Waals surface area contributed by atoms with E-state index >= 15 is 0 Å². The van der Waals surface area contributed by atoms with E-state index in [1.807, 2.05) is 0 Å². The first-order valence-corrected chi connectivity index (χ1v) is 6.43. The summed E-state index contributed by atoms with van der Waals surface area (Å²) >= 11 is 3.19. The van der Waals surface area contributed by atoms with E-state index in [-0.39, 0.29) is 18.2 Å². The topological polar surface area (TPSA) is 38.3 Å². The molecule has 1 atom stereocenters. The molecular formula is C12H14BrF2NO2. The fraction of sp³-hybridized carbons (Fsp3) is 0.417. The van der Waals surface area contributed by atoms with Gasteiger partial charge in [0.2, 0.25) is 0 Å². The fourth-order valence-corrected chi connectivity index (χ4v) is 1.80. The second kappa shape index (κ2) is 6.80. The van der Waals surface area contributed by atoms with Crippen LogP contribution in [0.15, 0.2) is 12.1 Å². The Bertz CT molecular complexity index is 440. The SMILES string of the molecule is COCC(CBr)NC(=O)c1c(F)ccc(C)c1F. The number of hydrogen-bond donors (Lipinski definition) is 1. The number of benzene rings is 1. The van der Waals surface area contributed by atoms with Crippen LogP contribution in [0.25, 0.3) is 0 Å². The molecule has 1 N–H and O–H groups in total. The minimum atomic E-state index is -0.874. The molecule has 1 unspecified atom stereocenters. The summed E-state index contributed by atoms with van der Waals surface area (Å²) in [6.45, 7) is 1.73. The number of hydrogen-bond acceptors (Lipinski definition) is 2. The molecular weight excluding hydrogens is 308 g/mol. The highest BCUT2D eigenvalue weighted by Gasteiger charge is 2.21. The maximum atomic E-state index is 13.7. The van der Waals surface area contributed by atoms with Gasteiger partial charge in [0.1, 0.15) is 17.2 Å². The first-order valence-electron chi connectivity index (χ1n) is 5.31. The summed E-state index contributed by atoms with van der Waals surface area (Å²) in [7, 11) is 1.48. The van der Waals surface area contributed by atoms with Crippen LogP contribution in [0.4, 0.5) is 8.78 Å². The Morgan fingerprint density at radius 2 is 2.17 bits per heavy atom. The molecule has 100 valence electrons. The van der Waals surface area contributed by atoms with Crippen LogP contribution in [0, 0.1) is 18.6 Å². The Balaban J connectivity index is 2.93. The molecule has 1 rings (SSSR count). The van der Waals surface area contributed by atoms with E-state index < -0.39 is 23.1 Å². The van der Waals surface area contributed by atoms with Gasteiger partial charge in [-0.1, -0.05) is 22.0 Å². The van der Waals surface area contributed by atoms with Crippen molar-refractivity contribution >= 4 is 21.8 Å². The molecule has 0 radical (unpaired) electrons. The van der Waals surface area contributed by atoms with Crippen molar-refractivity contribution in [1.29, 1.82) is 0 Å². The van der Waals surface area contributed by atoms with E-state index in [4.69, 9.17) is 4.74 Å². The Labute approximate surface area is 113 Å². The molecule has 0 saturated heterocycles. The Morgan fingerprint density at radius 1 is 1.50 bits per heavy atom. The summed E-state index contributed by atoms with van der Waals surface area (Å²) in [4.78, 5) is 11.8. The number of ether oxygens (including phenoxy) is 1. The number of aryl methyl sites for hydroxylation is 1. The molecule has 0 fully saturated rings. The van der Waals surface area contributed by atoms with Gasteiger partial charge in [0.15, 0.2) is 0 Å². The number of halogens is 3. The predicted octanol–water partition coefficient (Wildman–Crippen LogP) is 2.41. The first kappa shape index (κ1) is 15.0. The van der Waals surface area contributed by atoms with Crippen molar-refractivity contribution in [3.8, 4) is 0 Å². The van der Waals surface area contributed by atoms with Gasteiger partial charge in [0, 0.05) is 12.4 Å². The number of alkyl halides is 1. The van der Waals surface area contributed by atoms with E-state index in [0.717, 1.165) is 6.07 Å². The third-order valence-corrected chi connectivity index (χ3v) is 3.18. The van der Waals surface area contributed by atoms with Gasteiger partial charge in [-0.25, -0.2) is 8.78 Å². The predicted molar refractivity (Wildman–Crippen MR) is 68.0 cm³/mol. The van der Waals surface area contributed by atoms with Crippen molar-refractivity contribution in [1.82, 2.24) is 5.32 Å². The van der Waals surface area contributed by atoms with Crippen molar-refractivity contribution in [2.75, 3.05) is 19.0 Å². The molecule has 0 aliphatic heterocycles. The zero-order valence-electron chi connectivity index (χ0n) is 10.1. The number of nitrogens with one attached hydrogen (secondary N) is 1. The van der Waals surface area contributed by atoms with Crippen molar-refractivity contribution in [3.63, 3.8) is 0 Å². The van der Waals surface area contributed by atoms with E-state index in [2.05, 4.69) is 21.2 Å². The summed E-state index contributed by atoms with van der Waals surface area (Å²) in [5.41, 5.74) is -0.333. The molecule has 1 aromatic carbocycles. The lowest BCUT2D eigenvalue weighted by Gasteiger charge is -2.16. The Hall–Kier alpha value is -1.01. The van der Waals surface area contributed by atoms with Crippen molar-refractivity contribution in [3.05, 3.63) is 34.9 Å². The number of amides is 1. The third-order valence-electron chi connectivity index (χ3n) is 2.40. The minimum Gasteiger partial charge on any atom is -0.383 e. The van der Waals surface area contributed by atoms with Crippen molar-refractivity contribution < 1.29 is 18.3 Å². The largest absolute Gasteiger partial charge is 0.383 e. The van der Waals surface area contributed by atoms with E-state index in [9.17, 15) is 13.6 Å². The standard InChI is InChI=1S/C12H14BrF2NO2/c1-7-3-4-9(14)10(11(7)15)12(17)16-8(5-13)6-18-2/h3-4,8H,5-6H2,1-2H3,(H,16,17). The molecule has 0 spiro atoms. The molecule has 0 heterocycles. The summed E-state index contributed by atoms with van der Waals surface area (Å²) in [6.07, 6.45) is 0. The van der Waals surface area contributed by atoms with E-state index in [1.165, 1.54) is 20.1 Å². The summed E-state index contributed by atoms with van der Waals surface area (Å²) < 4.78 is 32.1. The maximum absolute atomic E-state index is 13.7. The molecule has 0 aliphatic carbocycles. The number of rotatable bonds is 5. The van der Waals surface area contributed by atoms with Gasteiger partial charge in [-0.2, -0.15) is 0 Å². The quantitative estimate of drug-likeness (QED) is 0.846. The summed E-state index contributed by atoms with van der Waals surface area (Å²) in [6, 6.07) is 2.02. The average molecular weight is 322 g/mol. The molecule has 1 amide bonds. The fourth-order valence-electron chi connectivity index (χ4n) is 1.45. The highest BCUT2D eigenvalue weighted by Crippen LogP contribution is 2.16. The molecule has 6 heteroatoms. The van der Waals surface area contributed by atoms with Crippen LogP contribution in [-0.2, 0) is 4.74 Å². The van der Waals surface area contributed by atoms with Crippen molar-refractivity contribution in [2.45, 2.75) is 13.0 Å². The monoisotopic (exact) mass is 321 g/mol. The van der Waals surface area contributed by atoms with Crippen LogP contribution >= 0.6 is 15.9 Å². The maximum Gasteiger partial charge on any atom is 0.257 e. The average Bonchev–Trinajstić information content (AvgIpc) is 2.34. The number of carbonyl (C=O) groups excluding carboxylic acids is 1. The van der Waals surface area contributed by atoms with Crippen molar-refractivity contribution in [2.24, 2.45) is 0 Å². The smallest absolute Gasteiger partial charge is 0.257 e. The number of methoxy groups -OCH3 is 1. The second-order valence-electron chi connectivity index (χ2n) is 3.83. The lowest BCUT2D eigenvalue weighted by atomic mass is 10.1. The van der Waals surface area contributed by atoms with Crippen LogP contribution < -0.4 is 5.32 Å². The Kier molecular flexibility index (Phi) is 5.68. The van der Waals surface area contributed by atoms with E-state index in [1.54, 1.807) is 0 Å². The minimum absolute atomic E-state index is 0.226. The number of carbonyl (C=O) groups is 1. The Morgan fingerprint density at radius 3 is 2.72 bits per heavy atom. The molecule has 0 saturated carbocycles. The molecule has 0 aliphatic rings. The summed E-state index contributed by atoms with van der Waals surface area (Å²) in [5.74, 6) is -2.49. The third kappa shape index (κ3) is 3.49. The van der Waals surface area contributed by atoms with Gasteiger partial charge in [0.05, 0.1) is 12.6 Å². The van der Waals surface area contributed by atoms with E-state index in [0.29, 0.717) is 5.33 Å². The lowest BCUT2D eigenvalue weighted by Crippen LogP contribution is -2.40. The van der Waals surface area contributed by atoms with Crippen LogP contribution in [0.1, 0.15) is 15.9 Å².